The van der Waals surface area contributed by atoms with Gasteiger partial charge < -0.3 is 5.32 Å². The molecule has 1 aromatic rings. The molecule has 1 fully saturated rings. The first-order valence-electron chi connectivity index (χ1n) is 5.27. The summed E-state index contributed by atoms with van der Waals surface area (Å²) in [6.45, 7) is 6.33. The third-order valence-electron chi connectivity index (χ3n) is 2.38. The van der Waals surface area contributed by atoms with Crippen molar-refractivity contribution in [1.29, 1.82) is 0 Å². The van der Waals surface area contributed by atoms with Crippen molar-refractivity contribution < 1.29 is 0 Å². The zero-order valence-corrected chi connectivity index (χ0v) is 9.04. The predicted octanol–water partition coefficient (Wildman–Crippen LogP) is 2.48. The average molecular weight is 191 g/mol. The molecule has 3 heteroatoms. The standard InChI is InChI=1S/C11H17N3/c1-7(2)10-6-8(3)12-11(14-10)13-9-4-5-9/h6-7,9H,4-5H2,1-3H3,(H,12,13,14). The van der Waals surface area contributed by atoms with Crippen LogP contribution in [0.5, 0.6) is 0 Å². The van der Waals surface area contributed by atoms with Crippen LogP contribution in [0.25, 0.3) is 0 Å². The molecule has 0 aromatic carbocycles. The molecule has 1 aliphatic rings. The monoisotopic (exact) mass is 191 g/mol. The van der Waals surface area contributed by atoms with Gasteiger partial charge >= 0.3 is 0 Å². The van der Waals surface area contributed by atoms with Crippen LogP contribution < -0.4 is 5.32 Å². The van der Waals surface area contributed by atoms with Gasteiger partial charge in [0, 0.05) is 17.4 Å². The van der Waals surface area contributed by atoms with Crippen LogP contribution in [0, 0.1) is 6.92 Å². The molecular weight excluding hydrogens is 174 g/mol. The Bertz CT molecular complexity index is 329. The fourth-order valence-electron chi connectivity index (χ4n) is 1.36. The van der Waals surface area contributed by atoms with Crippen LogP contribution >= 0.6 is 0 Å². The van der Waals surface area contributed by atoms with E-state index in [1.165, 1.54) is 12.8 Å². The number of anilines is 1. The van der Waals surface area contributed by atoms with E-state index >= 15 is 0 Å². The molecule has 0 atom stereocenters. The molecule has 2 rings (SSSR count). The molecule has 0 unspecified atom stereocenters. The lowest BCUT2D eigenvalue weighted by Crippen LogP contribution is -2.08. The van der Waals surface area contributed by atoms with Crippen molar-refractivity contribution in [1.82, 2.24) is 9.97 Å². The summed E-state index contributed by atoms with van der Waals surface area (Å²) in [6.07, 6.45) is 2.52. The Hall–Kier alpha value is -1.12. The Balaban J connectivity index is 2.21. The zero-order valence-electron chi connectivity index (χ0n) is 9.04. The van der Waals surface area contributed by atoms with Crippen molar-refractivity contribution in [3.05, 3.63) is 17.5 Å². The largest absolute Gasteiger partial charge is 0.351 e. The predicted molar refractivity (Wildman–Crippen MR) is 57.5 cm³/mol. The van der Waals surface area contributed by atoms with Crippen LogP contribution in [0.4, 0.5) is 5.95 Å². The van der Waals surface area contributed by atoms with Crippen molar-refractivity contribution in [3.63, 3.8) is 0 Å². The third-order valence-corrected chi connectivity index (χ3v) is 2.38. The minimum atomic E-state index is 0.469. The maximum Gasteiger partial charge on any atom is 0.223 e. The molecule has 1 N–H and O–H groups in total. The Morgan fingerprint density at radius 3 is 2.64 bits per heavy atom. The highest BCUT2D eigenvalue weighted by Gasteiger charge is 2.22. The lowest BCUT2D eigenvalue weighted by Gasteiger charge is -2.09. The second kappa shape index (κ2) is 3.56. The van der Waals surface area contributed by atoms with E-state index in [-0.39, 0.29) is 0 Å². The van der Waals surface area contributed by atoms with Crippen molar-refractivity contribution in [3.8, 4) is 0 Å². The highest BCUT2D eigenvalue weighted by molar-refractivity contribution is 5.31. The van der Waals surface area contributed by atoms with Gasteiger partial charge in [-0.2, -0.15) is 0 Å². The second-order valence-corrected chi connectivity index (χ2v) is 4.33. The first kappa shape index (κ1) is 9.44. The lowest BCUT2D eigenvalue weighted by atomic mass is 10.1. The van der Waals surface area contributed by atoms with Gasteiger partial charge in [0.25, 0.3) is 0 Å². The van der Waals surface area contributed by atoms with Crippen LogP contribution in [0.3, 0.4) is 0 Å². The molecule has 14 heavy (non-hydrogen) atoms. The number of nitrogens with one attached hydrogen (secondary N) is 1. The lowest BCUT2D eigenvalue weighted by molar-refractivity contribution is 0.808. The highest BCUT2D eigenvalue weighted by atomic mass is 15.1. The van der Waals surface area contributed by atoms with Crippen LogP contribution in [0.1, 0.15) is 44.0 Å². The van der Waals surface area contributed by atoms with Crippen LogP contribution in [0.15, 0.2) is 6.07 Å². The Kier molecular flexibility index (Phi) is 2.40. The van der Waals surface area contributed by atoms with Crippen LogP contribution in [-0.2, 0) is 0 Å². The smallest absolute Gasteiger partial charge is 0.223 e. The van der Waals surface area contributed by atoms with E-state index < -0.39 is 0 Å². The fraction of sp³-hybridized carbons (Fsp3) is 0.636. The molecule has 0 saturated heterocycles. The van der Waals surface area contributed by atoms with Gasteiger partial charge in [-0.3, -0.25) is 0 Å². The number of aryl methyl sites for hydroxylation is 1. The molecule has 0 bridgehead atoms. The summed E-state index contributed by atoms with van der Waals surface area (Å²) in [7, 11) is 0. The molecule has 1 saturated carbocycles. The first-order chi connectivity index (χ1) is 6.65. The minimum absolute atomic E-state index is 0.469. The Morgan fingerprint density at radius 2 is 2.07 bits per heavy atom. The molecule has 1 aromatic heterocycles. The van der Waals surface area contributed by atoms with Crippen molar-refractivity contribution in [2.75, 3.05) is 5.32 Å². The second-order valence-electron chi connectivity index (χ2n) is 4.33. The number of aromatic nitrogens is 2. The Labute approximate surface area is 85.0 Å². The molecule has 3 nitrogen and oxygen atoms in total. The summed E-state index contributed by atoms with van der Waals surface area (Å²) in [5.74, 6) is 1.27. The molecule has 0 amide bonds. The fourth-order valence-corrected chi connectivity index (χ4v) is 1.36. The molecule has 0 aliphatic heterocycles. The van der Waals surface area contributed by atoms with E-state index in [1.807, 2.05) is 6.92 Å². The van der Waals surface area contributed by atoms with E-state index in [4.69, 9.17) is 0 Å². The van der Waals surface area contributed by atoms with E-state index in [0.717, 1.165) is 17.3 Å². The van der Waals surface area contributed by atoms with Gasteiger partial charge in [-0.25, -0.2) is 9.97 Å². The number of hydrogen-bond donors (Lipinski definition) is 1. The number of rotatable bonds is 3. The summed E-state index contributed by atoms with van der Waals surface area (Å²) < 4.78 is 0. The topological polar surface area (TPSA) is 37.8 Å². The Morgan fingerprint density at radius 1 is 1.36 bits per heavy atom. The molecule has 0 spiro atoms. The van der Waals surface area contributed by atoms with Gasteiger partial charge in [-0.1, -0.05) is 13.8 Å². The maximum atomic E-state index is 4.49. The molecule has 76 valence electrons. The van der Waals surface area contributed by atoms with Crippen LogP contribution in [0.2, 0.25) is 0 Å². The molecule has 0 radical (unpaired) electrons. The van der Waals surface area contributed by atoms with Gasteiger partial charge in [-0.15, -0.1) is 0 Å². The van der Waals surface area contributed by atoms with Crippen LogP contribution in [-0.4, -0.2) is 16.0 Å². The number of hydrogen-bond acceptors (Lipinski definition) is 3. The number of nitrogens with zero attached hydrogens (tertiary/aromatic N) is 2. The minimum Gasteiger partial charge on any atom is -0.351 e. The van der Waals surface area contributed by atoms with E-state index in [9.17, 15) is 0 Å². The van der Waals surface area contributed by atoms with E-state index in [1.54, 1.807) is 0 Å². The van der Waals surface area contributed by atoms with Gasteiger partial charge in [0.2, 0.25) is 5.95 Å². The normalized spacial score (nSPS) is 16.0. The quantitative estimate of drug-likeness (QED) is 0.797. The van der Waals surface area contributed by atoms with Crippen molar-refractivity contribution in [2.45, 2.75) is 45.6 Å². The summed E-state index contributed by atoms with van der Waals surface area (Å²) in [5, 5.41) is 3.33. The van der Waals surface area contributed by atoms with Gasteiger partial charge in [0.15, 0.2) is 0 Å². The molecule has 1 heterocycles. The van der Waals surface area contributed by atoms with Gasteiger partial charge in [0.1, 0.15) is 0 Å². The van der Waals surface area contributed by atoms with E-state index in [0.29, 0.717) is 12.0 Å². The van der Waals surface area contributed by atoms with E-state index in [2.05, 4.69) is 35.2 Å². The zero-order chi connectivity index (χ0) is 10.1. The summed E-state index contributed by atoms with van der Waals surface area (Å²) in [6, 6.07) is 2.68. The maximum absolute atomic E-state index is 4.49. The highest BCUT2D eigenvalue weighted by Crippen LogP contribution is 2.23. The van der Waals surface area contributed by atoms with Gasteiger partial charge in [-0.05, 0) is 31.7 Å². The van der Waals surface area contributed by atoms with Crippen molar-refractivity contribution >= 4 is 5.95 Å². The van der Waals surface area contributed by atoms with Crippen molar-refractivity contribution in [2.24, 2.45) is 0 Å². The molecular formula is C11H17N3. The summed E-state index contributed by atoms with van der Waals surface area (Å²) in [4.78, 5) is 8.87. The summed E-state index contributed by atoms with van der Waals surface area (Å²) >= 11 is 0. The average Bonchev–Trinajstić information content (AvgIpc) is 2.87. The molecule has 1 aliphatic carbocycles. The SMILES string of the molecule is Cc1cc(C(C)C)nc(NC2CC2)n1. The summed E-state index contributed by atoms with van der Waals surface area (Å²) in [5.41, 5.74) is 2.17. The first-order valence-corrected chi connectivity index (χ1v) is 5.27. The third kappa shape index (κ3) is 2.22. The van der Waals surface area contributed by atoms with Gasteiger partial charge in [0.05, 0.1) is 0 Å².